The minimum Gasteiger partial charge on any atom is -0.507 e. The molecule has 0 aliphatic heterocycles. The van der Waals surface area contributed by atoms with Crippen molar-refractivity contribution in [3.05, 3.63) is 29.8 Å². The molecule has 17 heavy (non-hydrogen) atoms. The molecule has 6 heteroatoms. The fourth-order valence-corrected chi connectivity index (χ4v) is 1.39. The molecule has 90 valence electrons. The van der Waals surface area contributed by atoms with Crippen molar-refractivity contribution in [2.75, 3.05) is 14.1 Å². The maximum absolute atomic E-state index is 13.0. The van der Waals surface area contributed by atoms with Crippen LogP contribution >= 0.6 is 0 Å². The molecule has 0 radical (unpaired) electrons. The normalized spacial score (nSPS) is 11.1. The SMILES string of the molecule is CN(C)Cc1noc(-c2cc(F)ccc2O)n1. The molecule has 0 aliphatic carbocycles. The van der Waals surface area contributed by atoms with Gasteiger partial charge >= 0.3 is 0 Å². The number of halogens is 1. The van der Waals surface area contributed by atoms with Crippen molar-refractivity contribution in [3.63, 3.8) is 0 Å². The largest absolute Gasteiger partial charge is 0.507 e. The highest BCUT2D eigenvalue weighted by Crippen LogP contribution is 2.28. The van der Waals surface area contributed by atoms with E-state index in [-0.39, 0.29) is 17.2 Å². The fourth-order valence-electron chi connectivity index (χ4n) is 1.39. The second-order valence-corrected chi connectivity index (χ2v) is 3.92. The number of phenolic OH excluding ortho intramolecular Hbond substituents is 1. The Morgan fingerprint density at radius 2 is 2.18 bits per heavy atom. The van der Waals surface area contributed by atoms with Crippen LogP contribution in [0.3, 0.4) is 0 Å². The Morgan fingerprint density at radius 3 is 2.88 bits per heavy atom. The van der Waals surface area contributed by atoms with E-state index in [2.05, 4.69) is 10.1 Å². The predicted octanol–water partition coefficient (Wildman–Crippen LogP) is 1.64. The molecule has 2 aromatic rings. The van der Waals surface area contributed by atoms with Gasteiger partial charge in [-0.25, -0.2) is 4.39 Å². The standard InChI is InChI=1S/C11H12FN3O2/c1-15(2)6-10-13-11(17-14-10)8-5-7(12)3-4-9(8)16/h3-5,16H,6H2,1-2H3. The molecular formula is C11H12FN3O2. The number of aromatic nitrogens is 2. The van der Waals surface area contributed by atoms with Crippen molar-refractivity contribution in [2.24, 2.45) is 0 Å². The molecule has 0 unspecified atom stereocenters. The summed E-state index contributed by atoms with van der Waals surface area (Å²) in [6.45, 7) is 0.513. The number of hydrogen-bond donors (Lipinski definition) is 1. The summed E-state index contributed by atoms with van der Waals surface area (Å²) in [6.07, 6.45) is 0. The van der Waals surface area contributed by atoms with Crippen molar-refractivity contribution < 1.29 is 14.0 Å². The highest BCUT2D eigenvalue weighted by Gasteiger charge is 2.14. The summed E-state index contributed by atoms with van der Waals surface area (Å²) in [7, 11) is 3.74. The van der Waals surface area contributed by atoms with E-state index in [9.17, 15) is 9.50 Å². The Bertz CT molecular complexity index is 525. The summed E-state index contributed by atoms with van der Waals surface area (Å²) >= 11 is 0. The Hall–Kier alpha value is -1.95. The van der Waals surface area contributed by atoms with E-state index < -0.39 is 5.82 Å². The first-order chi connectivity index (χ1) is 8.06. The van der Waals surface area contributed by atoms with Gasteiger partial charge in [-0.3, -0.25) is 0 Å². The summed E-state index contributed by atoms with van der Waals surface area (Å²) in [5.74, 6) is 0.0316. The van der Waals surface area contributed by atoms with Gasteiger partial charge in [0.25, 0.3) is 5.89 Å². The quantitative estimate of drug-likeness (QED) is 0.879. The average Bonchev–Trinajstić information content (AvgIpc) is 2.69. The number of rotatable bonds is 3. The summed E-state index contributed by atoms with van der Waals surface area (Å²) < 4.78 is 18.0. The van der Waals surface area contributed by atoms with Crippen molar-refractivity contribution in [3.8, 4) is 17.2 Å². The second-order valence-electron chi connectivity index (χ2n) is 3.92. The second kappa shape index (κ2) is 4.50. The number of phenols is 1. The third-order valence-electron chi connectivity index (χ3n) is 2.11. The van der Waals surface area contributed by atoms with Gasteiger partial charge in [-0.05, 0) is 32.3 Å². The van der Waals surface area contributed by atoms with Crippen molar-refractivity contribution in [2.45, 2.75) is 6.54 Å². The molecule has 0 aliphatic rings. The van der Waals surface area contributed by atoms with E-state index in [0.717, 1.165) is 12.1 Å². The molecule has 0 fully saturated rings. The fraction of sp³-hybridized carbons (Fsp3) is 0.273. The first kappa shape index (κ1) is 11.5. The molecule has 5 nitrogen and oxygen atoms in total. The monoisotopic (exact) mass is 237 g/mol. The maximum Gasteiger partial charge on any atom is 0.261 e. The molecule has 1 N–H and O–H groups in total. The van der Waals surface area contributed by atoms with Gasteiger partial charge in [-0.2, -0.15) is 4.98 Å². The van der Waals surface area contributed by atoms with Crippen molar-refractivity contribution in [1.82, 2.24) is 15.0 Å². The first-order valence-corrected chi connectivity index (χ1v) is 5.02. The molecule has 0 atom stereocenters. The number of nitrogens with zero attached hydrogens (tertiary/aromatic N) is 3. The zero-order valence-corrected chi connectivity index (χ0v) is 9.51. The highest BCUT2D eigenvalue weighted by molar-refractivity contribution is 5.61. The van der Waals surface area contributed by atoms with E-state index >= 15 is 0 Å². The molecule has 1 heterocycles. The molecule has 0 saturated carbocycles. The van der Waals surface area contributed by atoms with Crippen LogP contribution in [0.5, 0.6) is 5.75 Å². The lowest BCUT2D eigenvalue weighted by Gasteiger charge is -2.03. The minimum atomic E-state index is -0.467. The molecular weight excluding hydrogens is 225 g/mol. The highest BCUT2D eigenvalue weighted by atomic mass is 19.1. The lowest BCUT2D eigenvalue weighted by molar-refractivity contribution is 0.365. The van der Waals surface area contributed by atoms with Crippen LogP contribution in [-0.2, 0) is 6.54 Å². The smallest absolute Gasteiger partial charge is 0.261 e. The third kappa shape index (κ3) is 2.59. The van der Waals surface area contributed by atoms with Gasteiger partial charge in [0.1, 0.15) is 11.6 Å². The molecule has 2 rings (SSSR count). The summed E-state index contributed by atoms with van der Waals surface area (Å²) in [5.41, 5.74) is 0.197. The topological polar surface area (TPSA) is 62.4 Å². The summed E-state index contributed by atoms with van der Waals surface area (Å²) in [6, 6.07) is 3.57. The van der Waals surface area contributed by atoms with E-state index in [1.54, 1.807) is 0 Å². The van der Waals surface area contributed by atoms with Crippen LogP contribution in [0, 0.1) is 5.82 Å². The lowest BCUT2D eigenvalue weighted by Crippen LogP contribution is -2.11. The van der Waals surface area contributed by atoms with E-state index in [0.29, 0.717) is 12.4 Å². The maximum atomic E-state index is 13.0. The molecule has 1 aromatic carbocycles. The van der Waals surface area contributed by atoms with E-state index in [1.165, 1.54) is 6.07 Å². The van der Waals surface area contributed by atoms with Gasteiger partial charge in [0, 0.05) is 0 Å². The van der Waals surface area contributed by atoms with Crippen LogP contribution in [0.1, 0.15) is 5.82 Å². The van der Waals surface area contributed by atoms with Gasteiger partial charge in [0.15, 0.2) is 5.82 Å². The van der Waals surface area contributed by atoms with Gasteiger partial charge < -0.3 is 14.5 Å². The van der Waals surface area contributed by atoms with Crippen LogP contribution in [0.4, 0.5) is 4.39 Å². The molecule has 0 saturated heterocycles. The van der Waals surface area contributed by atoms with Gasteiger partial charge in [0.05, 0.1) is 12.1 Å². The molecule has 0 amide bonds. The van der Waals surface area contributed by atoms with Crippen molar-refractivity contribution in [1.29, 1.82) is 0 Å². The molecule has 0 bridgehead atoms. The number of benzene rings is 1. The van der Waals surface area contributed by atoms with E-state index in [1.807, 2.05) is 19.0 Å². The molecule has 1 aromatic heterocycles. The van der Waals surface area contributed by atoms with Gasteiger partial charge in [0.2, 0.25) is 0 Å². The van der Waals surface area contributed by atoms with Gasteiger partial charge in [-0.15, -0.1) is 0 Å². The summed E-state index contributed by atoms with van der Waals surface area (Å²) in [4.78, 5) is 5.95. The Kier molecular flexibility index (Phi) is 3.06. The third-order valence-corrected chi connectivity index (χ3v) is 2.11. The zero-order valence-electron chi connectivity index (χ0n) is 9.51. The number of aromatic hydroxyl groups is 1. The first-order valence-electron chi connectivity index (χ1n) is 5.02. The summed E-state index contributed by atoms with van der Waals surface area (Å²) in [5, 5.41) is 13.3. The Labute approximate surface area is 97.5 Å². The molecule has 0 spiro atoms. The Balaban J connectivity index is 2.33. The van der Waals surface area contributed by atoms with E-state index in [4.69, 9.17) is 4.52 Å². The predicted molar refractivity (Wildman–Crippen MR) is 58.7 cm³/mol. The Morgan fingerprint density at radius 1 is 1.41 bits per heavy atom. The van der Waals surface area contributed by atoms with Crippen LogP contribution in [0.25, 0.3) is 11.5 Å². The number of hydrogen-bond acceptors (Lipinski definition) is 5. The van der Waals surface area contributed by atoms with Gasteiger partial charge in [-0.1, -0.05) is 5.16 Å². The van der Waals surface area contributed by atoms with Crippen LogP contribution in [-0.4, -0.2) is 34.2 Å². The zero-order chi connectivity index (χ0) is 12.4. The van der Waals surface area contributed by atoms with Crippen LogP contribution in [0.15, 0.2) is 22.7 Å². The lowest BCUT2D eigenvalue weighted by atomic mass is 10.2. The van der Waals surface area contributed by atoms with Crippen LogP contribution < -0.4 is 0 Å². The average molecular weight is 237 g/mol. The van der Waals surface area contributed by atoms with Crippen molar-refractivity contribution >= 4 is 0 Å². The minimum absolute atomic E-state index is 0.0912. The van der Waals surface area contributed by atoms with Crippen LogP contribution in [0.2, 0.25) is 0 Å².